The van der Waals surface area contributed by atoms with Gasteiger partial charge in [0.2, 0.25) is 5.95 Å². The van der Waals surface area contributed by atoms with Gasteiger partial charge in [-0.05, 0) is 31.6 Å². The van der Waals surface area contributed by atoms with Gasteiger partial charge in [0.1, 0.15) is 0 Å². The Labute approximate surface area is 136 Å². The van der Waals surface area contributed by atoms with Crippen LogP contribution >= 0.6 is 0 Å². The van der Waals surface area contributed by atoms with Crippen LogP contribution in [0, 0.1) is 0 Å². The van der Waals surface area contributed by atoms with Crippen molar-refractivity contribution in [1.82, 2.24) is 14.9 Å². The molecular weight excluding hydrogens is 292 g/mol. The van der Waals surface area contributed by atoms with Crippen molar-refractivity contribution in [3.8, 4) is 0 Å². The molecule has 0 aliphatic carbocycles. The van der Waals surface area contributed by atoms with Crippen LogP contribution in [0.5, 0.6) is 0 Å². The van der Waals surface area contributed by atoms with Crippen molar-refractivity contribution in [2.45, 2.75) is 13.0 Å². The van der Waals surface area contributed by atoms with Gasteiger partial charge in [-0.25, -0.2) is 14.8 Å². The third-order valence-electron chi connectivity index (χ3n) is 3.29. The Bertz CT molecular complexity index is 624. The highest BCUT2D eigenvalue weighted by atomic mass is 16.5. The fourth-order valence-electron chi connectivity index (χ4n) is 2.14. The maximum atomic E-state index is 11.3. The van der Waals surface area contributed by atoms with E-state index in [1.165, 1.54) is 30.6 Å². The standard InChI is InChI=1S/C17H22N4O2/c1-21(2)12-14-6-4-13(5-7-14)8-9-18-17-19-10-15(11-20-17)16(22)23-3/h4-7,10-11H,8-9,12H2,1-3H3,(H,18,19,20). The van der Waals surface area contributed by atoms with Crippen LogP contribution in [-0.2, 0) is 17.7 Å². The van der Waals surface area contributed by atoms with Gasteiger partial charge in [0.05, 0.1) is 12.7 Å². The zero-order chi connectivity index (χ0) is 16.7. The predicted octanol–water partition coefficient (Wildman–Crippen LogP) is 1.98. The lowest BCUT2D eigenvalue weighted by Gasteiger charge is -2.10. The van der Waals surface area contributed by atoms with E-state index in [9.17, 15) is 4.79 Å². The number of nitrogens with zero attached hydrogens (tertiary/aromatic N) is 3. The molecule has 2 rings (SSSR count). The highest BCUT2D eigenvalue weighted by molar-refractivity contribution is 5.88. The molecule has 1 heterocycles. The van der Waals surface area contributed by atoms with Crippen molar-refractivity contribution in [1.29, 1.82) is 0 Å². The number of hydrogen-bond acceptors (Lipinski definition) is 6. The minimum absolute atomic E-state index is 0.342. The lowest BCUT2D eigenvalue weighted by atomic mass is 10.1. The topological polar surface area (TPSA) is 67.3 Å². The lowest BCUT2D eigenvalue weighted by Crippen LogP contribution is -2.11. The van der Waals surface area contributed by atoms with Gasteiger partial charge in [0.15, 0.2) is 0 Å². The molecule has 0 unspecified atom stereocenters. The van der Waals surface area contributed by atoms with E-state index in [4.69, 9.17) is 0 Å². The molecule has 1 aromatic heterocycles. The first-order valence-corrected chi connectivity index (χ1v) is 7.45. The quantitative estimate of drug-likeness (QED) is 0.788. The van der Waals surface area contributed by atoms with Crippen molar-refractivity contribution in [2.75, 3.05) is 33.1 Å². The van der Waals surface area contributed by atoms with Gasteiger partial charge in [-0.2, -0.15) is 0 Å². The summed E-state index contributed by atoms with van der Waals surface area (Å²) >= 11 is 0. The number of aromatic nitrogens is 2. The Morgan fingerprint density at radius 1 is 1.13 bits per heavy atom. The summed E-state index contributed by atoms with van der Waals surface area (Å²) in [7, 11) is 5.45. The number of hydrogen-bond donors (Lipinski definition) is 1. The smallest absolute Gasteiger partial charge is 0.341 e. The summed E-state index contributed by atoms with van der Waals surface area (Å²) in [6.45, 7) is 1.67. The molecule has 0 saturated heterocycles. The summed E-state index contributed by atoms with van der Waals surface area (Å²) in [5.74, 6) is 0.0660. The van der Waals surface area contributed by atoms with Crippen LogP contribution in [0.2, 0.25) is 0 Å². The van der Waals surface area contributed by atoms with Crippen LogP contribution < -0.4 is 5.32 Å². The molecule has 23 heavy (non-hydrogen) atoms. The molecule has 0 aliphatic heterocycles. The largest absolute Gasteiger partial charge is 0.465 e. The molecule has 122 valence electrons. The first-order chi connectivity index (χ1) is 11.1. The van der Waals surface area contributed by atoms with Crippen molar-refractivity contribution in [3.05, 3.63) is 53.3 Å². The monoisotopic (exact) mass is 314 g/mol. The van der Waals surface area contributed by atoms with Gasteiger partial charge in [-0.15, -0.1) is 0 Å². The van der Waals surface area contributed by atoms with Crippen LogP contribution in [0.3, 0.4) is 0 Å². The lowest BCUT2D eigenvalue weighted by molar-refractivity contribution is 0.0600. The molecule has 0 radical (unpaired) electrons. The predicted molar refractivity (Wildman–Crippen MR) is 89.4 cm³/mol. The molecule has 0 saturated carbocycles. The van der Waals surface area contributed by atoms with E-state index in [1.54, 1.807) is 0 Å². The van der Waals surface area contributed by atoms with Gasteiger partial charge in [-0.1, -0.05) is 24.3 Å². The number of rotatable bonds is 7. The Morgan fingerprint density at radius 3 is 2.30 bits per heavy atom. The van der Waals surface area contributed by atoms with Crippen molar-refractivity contribution in [3.63, 3.8) is 0 Å². The third-order valence-corrected chi connectivity index (χ3v) is 3.29. The Balaban J connectivity index is 1.81. The summed E-state index contributed by atoms with van der Waals surface area (Å²) in [6, 6.07) is 8.58. The van der Waals surface area contributed by atoms with Crippen molar-refractivity contribution < 1.29 is 9.53 Å². The normalized spacial score (nSPS) is 10.6. The second kappa shape index (κ2) is 8.24. The van der Waals surface area contributed by atoms with E-state index < -0.39 is 5.97 Å². The van der Waals surface area contributed by atoms with Gasteiger partial charge in [-0.3, -0.25) is 0 Å². The van der Waals surface area contributed by atoms with E-state index in [1.807, 2.05) is 0 Å². The average molecular weight is 314 g/mol. The minimum Gasteiger partial charge on any atom is -0.465 e. The molecule has 0 spiro atoms. The zero-order valence-corrected chi connectivity index (χ0v) is 13.7. The van der Waals surface area contributed by atoms with Gasteiger partial charge >= 0.3 is 5.97 Å². The summed E-state index contributed by atoms with van der Waals surface area (Å²) in [5.41, 5.74) is 2.90. The first-order valence-electron chi connectivity index (χ1n) is 7.45. The van der Waals surface area contributed by atoms with E-state index in [2.05, 4.69) is 63.3 Å². The SMILES string of the molecule is COC(=O)c1cnc(NCCc2ccc(CN(C)C)cc2)nc1. The number of ether oxygens (including phenoxy) is 1. The second-order valence-corrected chi connectivity index (χ2v) is 5.52. The number of anilines is 1. The van der Waals surface area contributed by atoms with E-state index in [0.717, 1.165) is 19.5 Å². The molecule has 0 bridgehead atoms. The van der Waals surface area contributed by atoms with Crippen LogP contribution in [0.15, 0.2) is 36.7 Å². The first kappa shape index (κ1) is 16.9. The van der Waals surface area contributed by atoms with Gasteiger partial charge in [0, 0.05) is 25.5 Å². The highest BCUT2D eigenvalue weighted by Crippen LogP contribution is 2.07. The Kier molecular flexibility index (Phi) is 6.05. The minimum atomic E-state index is -0.436. The maximum absolute atomic E-state index is 11.3. The molecular formula is C17H22N4O2. The molecule has 0 aliphatic rings. The molecule has 0 atom stereocenters. The van der Waals surface area contributed by atoms with Crippen LogP contribution in [-0.4, -0.2) is 48.6 Å². The highest BCUT2D eigenvalue weighted by Gasteiger charge is 2.06. The molecule has 2 aromatic rings. The summed E-state index contributed by atoms with van der Waals surface area (Å²) < 4.78 is 4.61. The zero-order valence-electron chi connectivity index (χ0n) is 13.7. The molecule has 6 nitrogen and oxygen atoms in total. The Morgan fingerprint density at radius 2 is 1.74 bits per heavy atom. The molecule has 0 amide bonds. The van der Waals surface area contributed by atoms with E-state index >= 15 is 0 Å². The fourth-order valence-corrected chi connectivity index (χ4v) is 2.14. The third kappa shape index (κ3) is 5.34. The van der Waals surface area contributed by atoms with Gasteiger partial charge in [0.25, 0.3) is 0 Å². The summed E-state index contributed by atoms with van der Waals surface area (Å²) in [4.78, 5) is 21.6. The molecule has 6 heteroatoms. The van der Waals surface area contributed by atoms with Crippen LogP contribution in [0.25, 0.3) is 0 Å². The number of benzene rings is 1. The number of nitrogens with one attached hydrogen (secondary N) is 1. The average Bonchev–Trinajstić information content (AvgIpc) is 2.56. The van der Waals surface area contributed by atoms with Crippen molar-refractivity contribution in [2.24, 2.45) is 0 Å². The molecule has 0 fully saturated rings. The fraction of sp³-hybridized carbons (Fsp3) is 0.353. The number of esters is 1. The number of carbonyl (C=O) groups is 1. The number of carbonyl (C=O) groups excluding carboxylic acids is 1. The van der Waals surface area contributed by atoms with Crippen LogP contribution in [0.4, 0.5) is 5.95 Å². The molecule has 1 aromatic carbocycles. The second-order valence-electron chi connectivity index (χ2n) is 5.52. The summed E-state index contributed by atoms with van der Waals surface area (Å²) in [5, 5.41) is 3.14. The Hall–Kier alpha value is -2.47. The van der Waals surface area contributed by atoms with Crippen molar-refractivity contribution >= 4 is 11.9 Å². The van der Waals surface area contributed by atoms with Gasteiger partial charge < -0.3 is 15.0 Å². The maximum Gasteiger partial charge on any atom is 0.341 e. The van der Waals surface area contributed by atoms with Crippen LogP contribution in [0.1, 0.15) is 21.5 Å². The summed E-state index contributed by atoms with van der Waals surface area (Å²) in [6.07, 6.45) is 3.79. The van der Waals surface area contributed by atoms with E-state index in [0.29, 0.717) is 11.5 Å². The molecule has 1 N–H and O–H groups in total. The number of methoxy groups -OCH3 is 1. The van der Waals surface area contributed by atoms with E-state index in [-0.39, 0.29) is 0 Å².